The Morgan fingerprint density at radius 1 is 1.12 bits per heavy atom. The molecular formula is C14H26O2. The summed E-state index contributed by atoms with van der Waals surface area (Å²) in [4.78, 5) is 0. The van der Waals surface area contributed by atoms with Crippen LogP contribution in [0.5, 0.6) is 0 Å². The lowest BCUT2D eigenvalue weighted by atomic mass is 9.73. The number of hydrogen-bond acceptors (Lipinski definition) is 2. The molecule has 0 aliphatic carbocycles. The second kappa shape index (κ2) is 4.66. The van der Waals surface area contributed by atoms with E-state index in [1.165, 1.54) is 32.1 Å². The van der Waals surface area contributed by atoms with E-state index in [1.54, 1.807) is 0 Å². The summed E-state index contributed by atoms with van der Waals surface area (Å²) in [5, 5.41) is 0. The monoisotopic (exact) mass is 226 g/mol. The molecule has 0 radical (unpaired) electrons. The Kier molecular flexibility index (Phi) is 3.60. The lowest BCUT2D eigenvalue weighted by Gasteiger charge is -2.40. The Hall–Kier alpha value is -0.0800. The molecule has 2 rings (SSSR count). The molecule has 0 N–H and O–H groups in total. The van der Waals surface area contributed by atoms with E-state index in [1.807, 2.05) is 0 Å². The molecule has 3 atom stereocenters. The summed E-state index contributed by atoms with van der Waals surface area (Å²) in [5.74, 6) is 0. The molecule has 0 aromatic carbocycles. The van der Waals surface area contributed by atoms with Gasteiger partial charge in [0.05, 0.1) is 12.7 Å². The lowest BCUT2D eigenvalue weighted by Crippen LogP contribution is -2.36. The molecule has 2 heteroatoms. The van der Waals surface area contributed by atoms with Crippen LogP contribution in [0.25, 0.3) is 0 Å². The zero-order valence-corrected chi connectivity index (χ0v) is 11.1. The highest BCUT2D eigenvalue weighted by molar-refractivity contribution is 4.87. The van der Waals surface area contributed by atoms with E-state index in [-0.39, 0.29) is 0 Å². The average Bonchev–Trinajstić information content (AvgIpc) is 2.65. The van der Waals surface area contributed by atoms with E-state index in [0.29, 0.717) is 16.9 Å². The van der Waals surface area contributed by atoms with Crippen LogP contribution in [0.4, 0.5) is 0 Å². The second-order valence-electron chi connectivity index (χ2n) is 6.43. The third-order valence-electron chi connectivity index (χ3n) is 4.65. The predicted molar refractivity (Wildman–Crippen MR) is 65.5 cm³/mol. The van der Waals surface area contributed by atoms with Crippen molar-refractivity contribution in [1.82, 2.24) is 0 Å². The minimum absolute atomic E-state index is 0.372. The van der Waals surface area contributed by atoms with Gasteiger partial charge in [-0.1, -0.05) is 27.2 Å². The summed E-state index contributed by atoms with van der Waals surface area (Å²) >= 11 is 0. The minimum Gasteiger partial charge on any atom is -0.381 e. The lowest BCUT2D eigenvalue weighted by molar-refractivity contribution is -0.0636. The van der Waals surface area contributed by atoms with Crippen molar-refractivity contribution in [3.63, 3.8) is 0 Å². The fourth-order valence-corrected chi connectivity index (χ4v) is 3.05. The summed E-state index contributed by atoms with van der Waals surface area (Å²) in [5.41, 5.74) is 0.884. The maximum Gasteiger partial charge on any atom is 0.0586 e. The molecule has 2 heterocycles. The second-order valence-corrected chi connectivity index (χ2v) is 6.43. The zero-order chi connectivity index (χ0) is 11.6. The van der Waals surface area contributed by atoms with Crippen molar-refractivity contribution in [2.24, 2.45) is 10.8 Å². The van der Waals surface area contributed by atoms with E-state index in [2.05, 4.69) is 20.8 Å². The number of rotatable bonds is 3. The van der Waals surface area contributed by atoms with Crippen LogP contribution in [0, 0.1) is 10.8 Å². The smallest absolute Gasteiger partial charge is 0.0586 e. The van der Waals surface area contributed by atoms with Crippen LogP contribution in [0.15, 0.2) is 0 Å². The predicted octanol–water partition coefficient (Wildman–Crippen LogP) is 3.40. The van der Waals surface area contributed by atoms with Gasteiger partial charge in [0.25, 0.3) is 0 Å². The SMILES string of the molecule is CCC1(C)CCOC(CC2(C)CCOC2)C1. The van der Waals surface area contributed by atoms with Crippen LogP contribution in [0.3, 0.4) is 0 Å². The standard InChI is InChI=1S/C14H26O2/c1-4-13(2)6-8-16-12(9-13)10-14(3)5-7-15-11-14/h12H,4-11H2,1-3H3. The van der Waals surface area contributed by atoms with E-state index < -0.39 is 0 Å². The largest absolute Gasteiger partial charge is 0.381 e. The fraction of sp³-hybridized carbons (Fsp3) is 1.00. The molecule has 2 aliphatic heterocycles. The first-order valence-corrected chi connectivity index (χ1v) is 6.75. The summed E-state index contributed by atoms with van der Waals surface area (Å²) in [7, 11) is 0. The molecule has 0 amide bonds. The third-order valence-corrected chi connectivity index (χ3v) is 4.65. The molecular weight excluding hydrogens is 200 g/mol. The van der Waals surface area contributed by atoms with Crippen LogP contribution in [-0.4, -0.2) is 25.9 Å². The zero-order valence-electron chi connectivity index (χ0n) is 11.1. The van der Waals surface area contributed by atoms with Crippen molar-refractivity contribution in [3.05, 3.63) is 0 Å². The van der Waals surface area contributed by atoms with Crippen LogP contribution in [-0.2, 0) is 9.47 Å². The van der Waals surface area contributed by atoms with E-state index in [9.17, 15) is 0 Å². The van der Waals surface area contributed by atoms with Gasteiger partial charge in [-0.15, -0.1) is 0 Å². The molecule has 3 unspecified atom stereocenters. The van der Waals surface area contributed by atoms with Gasteiger partial charge in [-0.25, -0.2) is 0 Å². The normalized spacial score (nSPS) is 44.8. The molecule has 2 fully saturated rings. The van der Waals surface area contributed by atoms with Gasteiger partial charge in [-0.3, -0.25) is 0 Å². The summed E-state index contributed by atoms with van der Waals surface area (Å²) in [6, 6.07) is 0. The first-order chi connectivity index (χ1) is 7.55. The maximum absolute atomic E-state index is 5.95. The highest BCUT2D eigenvalue weighted by Crippen LogP contribution is 2.41. The van der Waals surface area contributed by atoms with Gasteiger partial charge in [0, 0.05) is 13.2 Å². The Morgan fingerprint density at radius 3 is 2.50 bits per heavy atom. The Labute approximate surface area is 99.7 Å². The van der Waals surface area contributed by atoms with Crippen molar-refractivity contribution < 1.29 is 9.47 Å². The highest BCUT2D eigenvalue weighted by Gasteiger charge is 2.37. The van der Waals surface area contributed by atoms with Crippen LogP contribution >= 0.6 is 0 Å². The summed E-state index contributed by atoms with van der Waals surface area (Å²) < 4.78 is 11.5. The molecule has 2 nitrogen and oxygen atoms in total. The van der Waals surface area contributed by atoms with E-state index in [4.69, 9.17) is 9.47 Å². The molecule has 0 bridgehead atoms. The first-order valence-electron chi connectivity index (χ1n) is 6.75. The minimum atomic E-state index is 0.372. The molecule has 0 aromatic heterocycles. The van der Waals surface area contributed by atoms with Crippen LogP contribution < -0.4 is 0 Å². The molecule has 0 spiro atoms. The fourth-order valence-electron chi connectivity index (χ4n) is 3.05. The van der Waals surface area contributed by atoms with Crippen LogP contribution in [0.2, 0.25) is 0 Å². The molecule has 2 saturated heterocycles. The third kappa shape index (κ3) is 2.78. The van der Waals surface area contributed by atoms with Crippen molar-refractivity contribution in [2.45, 2.75) is 59.0 Å². The topological polar surface area (TPSA) is 18.5 Å². The Balaban J connectivity index is 1.90. The van der Waals surface area contributed by atoms with Gasteiger partial charge < -0.3 is 9.47 Å². The first kappa shape index (κ1) is 12.4. The number of ether oxygens (including phenoxy) is 2. The highest BCUT2D eigenvalue weighted by atomic mass is 16.5. The average molecular weight is 226 g/mol. The maximum atomic E-state index is 5.95. The van der Waals surface area contributed by atoms with E-state index >= 15 is 0 Å². The van der Waals surface area contributed by atoms with Gasteiger partial charge in [-0.2, -0.15) is 0 Å². The van der Waals surface area contributed by atoms with Gasteiger partial charge >= 0.3 is 0 Å². The molecule has 16 heavy (non-hydrogen) atoms. The van der Waals surface area contributed by atoms with Crippen molar-refractivity contribution in [3.8, 4) is 0 Å². The Bertz CT molecular complexity index is 233. The van der Waals surface area contributed by atoms with Crippen LogP contribution in [0.1, 0.15) is 52.9 Å². The van der Waals surface area contributed by atoms with Crippen molar-refractivity contribution in [1.29, 1.82) is 0 Å². The molecule has 2 aliphatic rings. The van der Waals surface area contributed by atoms with Gasteiger partial charge in [0.2, 0.25) is 0 Å². The van der Waals surface area contributed by atoms with E-state index in [0.717, 1.165) is 19.8 Å². The quantitative estimate of drug-likeness (QED) is 0.734. The van der Waals surface area contributed by atoms with Gasteiger partial charge in [0.1, 0.15) is 0 Å². The molecule has 0 aromatic rings. The summed E-state index contributed by atoms with van der Waals surface area (Å²) in [6.07, 6.45) is 6.59. The number of hydrogen-bond donors (Lipinski definition) is 0. The Morgan fingerprint density at radius 2 is 1.88 bits per heavy atom. The van der Waals surface area contributed by atoms with Gasteiger partial charge in [-0.05, 0) is 36.5 Å². The van der Waals surface area contributed by atoms with Crippen molar-refractivity contribution in [2.75, 3.05) is 19.8 Å². The summed E-state index contributed by atoms with van der Waals surface area (Å²) in [6.45, 7) is 9.88. The molecule has 94 valence electrons. The molecule has 0 saturated carbocycles. The van der Waals surface area contributed by atoms with Gasteiger partial charge in [0.15, 0.2) is 0 Å². The van der Waals surface area contributed by atoms with Crippen molar-refractivity contribution >= 4 is 0 Å².